The van der Waals surface area contributed by atoms with Gasteiger partial charge in [-0.05, 0) is 25.7 Å². The van der Waals surface area contributed by atoms with E-state index in [1.165, 1.54) is 38.5 Å². The normalized spacial score (nSPS) is 34.4. The Hall–Kier alpha value is -0.650. The number of ether oxygens (including phenoxy) is 1. The van der Waals surface area contributed by atoms with Crippen LogP contribution in [-0.4, -0.2) is 54.7 Å². The first-order chi connectivity index (χ1) is 9.69. The van der Waals surface area contributed by atoms with Crippen LogP contribution in [0.5, 0.6) is 0 Å². The van der Waals surface area contributed by atoms with E-state index in [0.29, 0.717) is 6.54 Å². The topological polar surface area (TPSA) is 67.6 Å². The lowest BCUT2D eigenvalue weighted by molar-refractivity contribution is -0.125. The fraction of sp³-hybridized carbons (Fsp3) is 0.933. The number of hydrogen-bond acceptors (Lipinski definition) is 4. The van der Waals surface area contributed by atoms with Crippen LogP contribution in [0, 0.1) is 0 Å². The van der Waals surface area contributed by atoms with E-state index >= 15 is 0 Å². The van der Waals surface area contributed by atoms with Crippen LogP contribution in [0.25, 0.3) is 0 Å². The molecule has 20 heavy (non-hydrogen) atoms. The summed E-state index contributed by atoms with van der Waals surface area (Å²) in [5, 5.41) is 3.24. The van der Waals surface area contributed by atoms with Gasteiger partial charge >= 0.3 is 0 Å². The average molecular weight is 281 g/mol. The molecular weight excluding hydrogens is 254 g/mol. The van der Waals surface area contributed by atoms with E-state index in [2.05, 4.69) is 10.2 Å². The van der Waals surface area contributed by atoms with Gasteiger partial charge in [-0.3, -0.25) is 9.69 Å². The second kappa shape index (κ2) is 6.00. The molecule has 2 aliphatic heterocycles. The van der Waals surface area contributed by atoms with Gasteiger partial charge < -0.3 is 15.8 Å². The number of piperazine rings is 1. The van der Waals surface area contributed by atoms with Crippen LogP contribution in [-0.2, 0) is 9.53 Å². The van der Waals surface area contributed by atoms with Crippen molar-refractivity contribution in [2.45, 2.75) is 62.7 Å². The van der Waals surface area contributed by atoms with E-state index < -0.39 is 0 Å². The summed E-state index contributed by atoms with van der Waals surface area (Å²) in [4.78, 5) is 13.7. The lowest BCUT2D eigenvalue weighted by Crippen LogP contribution is -2.58. The highest BCUT2D eigenvalue weighted by Crippen LogP contribution is 2.42. The van der Waals surface area contributed by atoms with E-state index in [1.54, 1.807) is 0 Å². The predicted molar refractivity (Wildman–Crippen MR) is 77.3 cm³/mol. The van der Waals surface area contributed by atoms with Gasteiger partial charge in [-0.1, -0.05) is 19.3 Å². The van der Waals surface area contributed by atoms with Gasteiger partial charge in [-0.25, -0.2) is 0 Å². The predicted octanol–water partition coefficient (Wildman–Crippen LogP) is 0.627. The van der Waals surface area contributed by atoms with Gasteiger partial charge in [0.2, 0.25) is 5.91 Å². The summed E-state index contributed by atoms with van der Waals surface area (Å²) in [7, 11) is 0. The highest BCUT2D eigenvalue weighted by atomic mass is 16.5. The molecule has 3 N–H and O–H groups in total. The zero-order valence-corrected chi connectivity index (χ0v) is 12.3. The maximum Gasteiger partial charge on any atom is 0.236 e. The fourth-order valence-corrected chi connectivity index (χ4v) is 4.09. The molecule has 2 saturated heterocycles. The van der Waals surface area contributed by atoms with Crippen molar-refractivity contribution < 1.29 is 9.53 Å². The Morgan fingerprint density at radius 2 is 2.10 bits per heavy atom. The van der Waals surface area contributed by atoms with Crippen LogP contribution in [0.2, 0.25) is 0 Å². The highest BCUT2D eigenvalue weighted by molar-refractivity contribution is 5.80. The lowest BCUT2D eigenvalue weighted by atomic mass is 9.83. The quantitative estimate of drug-likeness (QED) is 0.796. The van der Waals surface area contributed by atoms with Gasteiger partial charge in [-0.15, -0.1) is 0 Å². The lowest BCUT2D eigenvalue weighted by Gasteiger charge is -2.37. The SMILES string of the molecule is NC(=O)C1CNCCN1CC1CCC2(CCCCC2)O1. The molecule has 0 bridgehead atoms. The van der Waals surface area contributed by atoms with Gasteiger partial charge in [0.1, 0.15) is 6.04 Å². The second-order valence-electron chi connectivity index (χ2n) is 6.64. The summed E-state index contributed by atoms with van der Waals surface area (Å²) in [6, 6.07) is -0.171. The monoisotopic (exact) mass is 281 g/mol. The maximum absolute atomic E-state index is 11.5. The van der Waals surface area contributed by atoms with Crippen LogP contribution >= 0.6 is 0 Å². The van der Waals surface area contributed by atoms with E-state index in [9.17, 15) is 4.79 Å². The van der Waals surface area contributed by atoms with E-state index in [-0.39, 0.29) is 23.7 Å². The molecule has 1 amide bonds. The Labute approximate surface area is 121 Å². The van der Waals surface area contributed by atoms with Crippen molar-refractivity contribution in [3.8, 4) is 0 Å². The molecular formula is C15H27N3O2. The summed E-state index contributed by atoms with van der Waals surface area (Å²) in [6.45, 7) is 3.35. The fourth-order valence-electron chi connectivity index (χ4n) is 4.09. The zero-order chi connectivity index (χ0) is 14.0. The number of nitrogens with one attached hydrogen (secondary N) is 1. The van der Waals surface area contributed by atoms with Gasteiger partial charge in [0.15, 0.2) is 0 Å². The number of nitrogens with zero attached hydrogens (tertiary/aromatic N) is 1. The van der Waals surface area contributed by atoms with Gasteiger partial charge in [0, 0.05) is 26.2 Å². The molecule has 0 aromatic carbocycles. The van der Waals surface area contributed by atoms with Crippen molar-refractivity contribution in [3.63, 3.8) is 0 Å². The molecule has 3 rings (SSSR count). The minimum absolute atomic E-state index is 0.166. The Bertz CT molecular complexity index is 355. The number of hydrogen-bond donors (Lipinski definition) is 2. The van der Waals surface area contributed by atoms with Gasteiger partial charge in [0.25, 0.3) is 0 Å². The molecule has 0 aromatic heterocycles. The molecule has 3 aliphatic rings. The van der Waals surface area contributed by atoms with Crippen LogP contribution in [0.1, 0.15) is 44.9 Å². The van der Waals surface area contributed by atoms with Crippen molar-refractivity contribution in [3.05, 3.63) is 0 Å². The zero-order valence-electron chi connectivity index (χ0n) is 12.3. The Balaban J connectivity index is 1.56. The Kier molecular flexibility index (Phi) is 4.29. The van der Waals surface area contributed by atoms with Crippen molar-refractivity contribution in [1.82, 2.24) is 10.2 Å². The van der Waals surface area contributed by atoms with Crippen molar-refractivity contribution in [2.24, 2.45) is 5.73 Å². The van der Waals surface area contributed by atoms with Crippen LogP contribution in [0.3, 0.4) is 0 Å². The second-order valence-corrected chi connectivity index (χ2v) is 6.64. The number of nitrogens with two attached hydrogens (primary N) is 1. The number of amides is 1. The van der Waals surface area contributed by atoms with Crippen molar-refractivity contribution in [1.29, 1.82) is 0 Å². The highest BCUT2D eigenvalue weighted by Gasteiger charge is 2.42. The number of carbonyl (C=O) groups excluding carboxylic acids is 1. The largest absolute Gasteiger partial charge is 0.370 e. The van der Waals surface area contributed by atoms with Crippen molar-refractivity contribution in [2.75, 3.05) is 26.2 Å². The van der Waals surface area contributed by atoms with Crippen LogP contribution in [0.4, 0.5) is 0 Å². The third kappa shape index (κ3) is 3.00. The summed E-state index contributed by atoms with van der Waals surface area (Å²) in [6.07, 6.45) is 9.05. The number of rotatable bonds is 3. The van der Waals surface area contributed by atoms with Gasteiger partial charge in [0.05, 0.1) is 11.7 Å². The van der Waals surface area contributed by atoms with Gasteiger partial charge in [-0.2, -0.15) is 0 Å². The Morgan fingerprint density at radius 1 is 1.30 bits per heavy atom. The molecule has 114 valence electrons. The summed E-state index contributed by atoms with van der Waals surface area (Å²) in [5.74, 6) is -0.220. The van der Waals surface area contributed by atoms with Crippen LogP contribution in [0.15, 0.2) is 0 Å². The first kappa shape index (κ1) is 14.3. The smallest absolute Gasteiger partial charge is 0.236 e. The van der Waals surface area contributed by atoms with E-state index in [1.807, 2.05) is 0 Å². The molecule has 5 heteroatoms. The summed E-state index contributed by atoms with van der Waals surface area (Å²) in [5.41, 5.74) is 5.67. The molecule has 2 heterocycles. The van der Waals surface area contributed by atoms with Crippen molar-refractivity contribution >= 4 is 5.91 Å². The first-order valence-corrected chi connectivity index (χ1v) is 8.10. The molecule has 1 saturated carbocycles. The maximum atomic E-state index is 11.5. The average Bonchev–Trinajstić information content (AvgIpc) is 2.82. The molecule has 3 fully saturated rings. The molecule has 0 aromatic rings. The van der Waals surface area contributed by atoms with Crippen LogP contribution < -0.4 is 11.1 Å². The number of carbonyl (C=O) groups is 1. The molecule has 2 unspecified atom stereocenters. The molecule has 2 atom stereocenters. The molecule has 5 nitrogen and oxygen atoms in total. The van der Waals surface area contributed by atoms with E-state index in [0.717, 1.165) is 26.1 Å². The minimum Gasteiger partial charge on any atom is -0.370 e. The molecule has 1 aliphatic carbocycles. The van der Waals surface area contributed by atoms with E-state index in [4.69, 9.17) is 10.5 Å². The Morgan fingerprint density at radius 3 is 2.85 bits per heavy atom. The minimum atomic E-state index is -0.220. The first-order valence-electron chi connectivity index (χ1n) is 8.10. The summed E-state index contributed by atoms with van der Waals surface area (Å²) < 4.78 is 6.41. The third-order valence-corrected chi connectivity index (χ3v) is 5.22. The molecule has 0 radical (unpaired) electrons. The number of primary amides is 1. The molecule has 1 spiro atoms. The third-order valence-electron chi connectivity index (χ3n) is 5.22. The standard InChI is InChI=1S/C15H27N3O2/c16-14(19)13-10-17-8-9-18(13)11-12-4-7-15(20-12)5-2-1-3-6-15/h12-13,17H,1-11H2,(H2,16,19). The summed E-state index contributed by atoms with van der Waals surface area (Å²) >= 11 is 0.